The van der Waals surface area contributed by atoms with Crippen molar-refractivity contribution in [3.8, 4) is 0 Å². The average Bonchev–Trinajstić information content (AvgIpc) is 3.55. The fourth-order valence-corrected chi connectivity index (χ4v) is 5.14. The van der Waals surface area contributed by atoms with E-state index >= 15 is 0 Å². The van der Waals surface area contributed by atoms with Crippen LogP contribution in [0.1, 0.15) is 63.0 Å². The summed E-state index contributed by atoms with van der Waals surface area (Å²) >= 11 is 0. The Morgan fingerprint density at radius 3 is 2.38 bits per heavy atom. The van der Waals surface area contributed by atoms with Crippen LogP contribution in [0.4, 0.5) is 0 Å². The van der Waals surface area contributed by atoms with E-state index in [4.69, 9.17) is 4.99 Å². The molecule has 1 aliphatic carbocycles. The number of nitrogens with zero attached hydrogens (tertiary/aromatic N) is 3. The third kappa shape index (κ3) is 7.07. The molecule has 1 atom stereocenters. The van der Waals surface area contributed by atoms with Gasteiger partial charge in [0.15, 0.2) is 5.96 Å². The van der Waals surface area contributed by atoms with Gasteiger partial charge in [0.1, 0.15) is 0 Å². The number of carbonyl (C=O) groups is 1. The van der Waals surface area contributed by atoms with E-state index in [0.717, 1.165) is 51.4 Å². The van der Waals surface area contributed by atoms with Gasteiger partial charge in [-0.1, -0.05) is 37.1 Å². The van der Waals surface area contributed by atoms with Crippen LogP contribution in [0, 0.1) is 5.92 Å². The van der Waals surface area contributed by atoms with Gasteiger partial charge >= 0.3 is 0 Å². The molecule has 3 aliphatic rings. The molecular formula is C25H40IN5O. The van der Waals surface area contributed by atoms with E-state index in [0.29, 0.717) is 12.5 Å². The molecule has 1 aromatic carbocycles. The molecule has 6 nitrogen and oxygen atoms in total. The summed E-state index contributed by atoms with van der Waals surface area (Å²) in [6.07, 6.45) is 8.24. The molecule has 32 heavy (non-hydrogen) atoms. The van der Waals surface area contributed by atoms with Crippen LogP contribution in [0.15, 0.2) is 29.3 Å². The van der Waals surface area contributed by atoms with E-state index in [-0.39, 0.29) is 35.9 Å². The Kier molecular flexibility index (Phi) is 10.1. The number of rotatable bonds is 7. The van der Waals surface area contributed by atoms with Gasteiger partial charge in [-0.2, -0.15) is 0 Å². The number of guanidine groups is 1. The normalized spacial score (nSPS) is 22.2. The molecule has 7 heteroatoms. The van der Waals surface area contributed by atoms with Gasteiger partial charge in [-0.25, -0.2) is 4.99 Å². The Hall–Kier alpha value is -1.35. The lowest BCUT2D eigenvalue weighted by Crippen LogP contribution is -2.45. The largest absolute Gasteiger partial charge is 0.357 e. The van der Waals surface area contributed by atoms with Crippen molar-refractivity contribution in [3.05, 3.63) is 35.4 Å². The van der Waals surface area contributed by atoms with Gasteiger partial charge in [-0.3, -0.25) is 9.69 Å². The quantitative estimate of drug-likeness (QED) is 0.307. The summed E-state index contributed by atoms with van der Waals surface area (Å²) in [5, 5.41) is 6.93. The summed E-state index contributed by atoms with van der Waals surface area (Å²) in [7, 11) is 0. The lowest BCUT2D eigenvalue weighted by Gasteiger charge is -2.21. The summed E-state index contributed by atoms with van der Waals surface area (Å²) in [5.41, 5.74) is 2.62. The number of hydrogen-bond acceptors (Lipinski definition) is 3. The number of likely N-dealkylation sites (tertiary alicyclic amines) is 2. The zero-order valence-corrected chi connectivity index (χ0v) is 21.9. The first-order valence-electron chi connectivity index (χ1n) is 12.3. The monoisotopic (exact) mass is 553 g/mol. The second-order valence-electron chi connectivity index (χ2n) is 9.39. The van der Waals surface area contributed by atoms with Crippen molar-refractivity contribution < 1.29 is 4.79 Å². The molecule has 2 heterocycles. The SMILES string of the molecule is CCNC(=NCc1ccc(CN2CCCC2)cc1)NC1CCN(C(=O)C2CCCC2)C1.I. The van der Waals surface area contributed by atoms with Crippen LogP contribution in [0.2, 0.25) is 0 Å². The summed E-state index contributed by atoms with van der Waals surface area (Å²) in [6.45, 7) is 8.77. The highest BCUT2D eigenvalue weighted by atomic mass is 127. The minimum atomic E-state index is 0. The minimum absolute atomic E-state index is 0. The summed E-state index contributed by atoms with van der Waals surface area (Å²) in [5.74, 6) is 1.50. The van der Waals surface area contributed by atoms with Gasteiger partial charge in [0, 0.05) is 38.1 Å². The second kappa shape index (κ2) is 12.8. The highest BCUT2D eigenvalue weighted by molar-refractivity contribution is 14.0. The van der Waals surface area contributed by atoms with E-state index in [1.165, 1.54) is 49.9 Å². The van der Waals surface area contributed by atoms with Gasteiger partial charge in [-0.05, 0) is 63.2 Å². The van der Waals surface area contributed by atoms with E-state index in [2.05, 4.69) is 51.6 Å². The van der Waals surface area contributed by atoms with Crippen molar-refractivity contribution in [2.24, 2.45) is 10.9 Å². The van der Waals surface area contributed by atoms with E-state index in [9.17, 15) is 4.79 Å². The lowest BCUT2D eigenvalue weighted by atomic mass is 10.1. The Morgan fingerprint density at radius 2 is 1.69 bits per heavy atom. The molecule has 2 aliphatic heterocycles. The Balaban J connectivity index is 0.00000289. The number of halogens is 1. The highest BCUT2D eigenvalue weighted by Gasteiger charge is 2.32. The van der Waals surface area contributed by atoms with Gasteiger partial charge in [0.25, 0.3) is 0 Å². The predicted octanol–water partition coefficient (Wildman–Crippen LogP) is 3.75. The molecule has 4 rings (SSSR count). The number of benzene rings is 1. The number of amides is 1. The van der Waals surface area contributed by atoms with Crippen molar-refractivity contribution in [1.82, 2.24) is 20.4 Å². The van der Waals surface area contributed by atoms with E-state index < -0.39 is 0 Å². The molecule has 0 radical (unpaired) electrons. The first kappa shape index (κ1) is 25.3. The highest BCUT2D eigenvalue weighted by Crippen LogP contribution is 2.27. The maximum Gasteiger partial charge on any atom is 0.225 e. The summed E-state index contributed by atoms with van der Waals surface area (Å²) in [6, 6.07) is 9.18. The first-order valence-corrected chi connectivity index (χ1v) is 12.3. The standard InChI is InChI=1S/C25H39N5O.HI/c1-2-26-25(28-23-13-16-30(19-23)24(31)22-7-3-4-8-22)27-17-20-9-11-21(12-10-20)18-29-14-5-6-15-29;/h9-12,22-23H,2-8,13-19H2,1H3,(H2,26,27,28);1H. The van der Waals surface area contributed by atoms with Crippen molar-refractivity contribution in [1.29, 1.82) is 0 Å². The Labute approximate surface area is 210 Å². The summed E-state index contributed by atoms with van der Waals surface area (Å²) < 4.78 is 0. The third-order valence-corrected chi connectivity index (χ3v) is 6.94. The van der Waals surface area contributed by atoms with Crippen molar-refractivity contribution >= 4 is 35.8 Å². The molecule has 2 N–H and O–H groups in total. The first-order chi connectivity index (χ1) is 15.2. The van der Waals surface area contributed by atoms with Crippen molar-refractivity contribution in [2.45, 2.75) is 71.0 Å². The van der Waals surface area contributed by atoms with Crippen molar-refractivity contribution in [2.75, 3.05) is 32.7 Å². The average molecular weight is 554 g/mol. The molecule has 0 aromatic heterocycles. The minimum Gasteiger partial charge on any atom is -0.357 e. The van der Waals surface area contributed by atoms with Gasteiger partial charge < -0.3 is 15.5 Å². The molecule has 3 fully saturated rings. The molecule has 1 aromatic rings. The van der Waals surface area contributed by atoms with Crippen LogP contribution in [0.3, 0.4) is 0 Å². The second-order valence-corrected chi connectivity index (χ2v) is 9.39. The molecule has 178 valence electrons. The molecule has 1 unspecified atom stereocenters. The van der Waals surface area contributed by atoms with Crippen LogP contribution in [0.25, 0.3) is 0 Å². The fraction of sp³-hybridized carbons (Fsp3) is 0.680. The predicted molar refractivity (Wildman–Crippen MR) is 141 cm³/mol. The maximum atomic E-state index is 12.7. The van der Waals surface area contributed by atoms with Crippen LogP contribution >= 0.6 is 24.0 Å². The van der Waals surface area contributed by atoms with E-state index in [1.54, 1.807) is 0 Å². The molecule has 1 amide bonds. The zero-order valence-electron chi connectivity index (χ0n) is 19.5. The van der Waals surface area contributed by atoms with Crippen LogP contribution in [-0.4, -0.2) is 60.4 Å². The number of hydrogen-bond donors (Lipinski definition) is 2. The number of nitrogens with one attached hydrogen (secondary N) is 2. The molecular weight excluding hydrogens is 513 g/mol. The topological polar surface area (TPSA) is 60.0 Å². The molecule has 1 saturated carbocycles. The number of aliphatic imine (C=N–C) groups is 1. The Morgan fingerprint density at radius 1 is 1.00 bits per heavy atom. The van der Waals surface area contributed by atoms with Gasteiger partial charge in [-0.15, -0.1) is 24.0 Å². The fourth-order valence-electron chi connectivity index (χ4n) is 5.14. The summed E-state index contributed by atoms with van der Waals surface area (Å²) in [4.78, 5) is 22.1. The molecule has 2 saturated heterocycles. The molecule has 0 spiro atoms. The van der Waals surface area contributed by atoms with E-state index in [1.807, 2.05) is 0 Å². The van der Waals surface area contributed by atoms with Crippen LogP contribution < -0.4 is 10.6 Å². The number of carbonyl (C=O) groups excluding carboxylic acids is 1. The smallest absolute Gasteiger partial charge is 0.225 e. The van der Waals surface area contributed by atoms with Gasteiger partial charge in [0.2, 0.25) is 5.91 Å². The third-order valence-electron chi connectivity index (χ3n) is 6.94. The van der Waals surface area contributed by atoms with Crippen LogP contribution in [0.5, 0.6) is 0 Å². The lowest BCUT2D eigenvalue weighted by molar-refractivity contribution is -0.134. The Bertz CT molecular complexity index is 741. The van der Waals surface area contributed by atoms with Gasteiger partial charge in [0.05, 0.1) is 6.54 Å². The molecule has 0 bridgehead atoms. The zero-order chi connectivity index (χ0) is 21.5. The van der Waals surface area contributed by atoms with Crippen LogP contribution in [-0.2, 0) is 17.9 Å². The van der Waals surface area contributed by atoms with Crippen molar-refractivity contribution in [3.63, 3.8) is 0 Å². The maximum absolute atomic E-state index is 12.7.